The lowest BCUT2D eigenvalue weighted by atomic mass is 10.2. The molecule has 0 aliphatic heterocycles. The molecule has 1 aromatic carbocycles. The van der Waals surface area contributed by atoms with Gasteiger partial charge in [-0.25, -0.2) is 0 Å². The summed E-state index contributed by atoms with van der Waals surface area (Å²) in [6.45, 7) is 0. The van der Waals surface area contributed by atoms with E-state index < -0.39 is 0 Å². The number of aldehydes is 1. The van der Waals surface area contributed by atoms with Crippen molar-refractivity contribution in [1.29, 1.82) is 0 Å². The summed E-state index contributed by atoms with van der Waals surface area (Å²) < 4.78 is 1.10. The van der Waals surface area contributed by atoms with Crippen molar-refractivity contribution >= 4 is 45.5 Å². The lowest BCUT2D eigenvalue weighted by molar-refractivity contribution is -0.104. The van der Waals surface area contributed by atoms with Gasteiger partial charge >= 0.3 is 0 Å². The van der Waals surface area contributed by atoms with Crippen LogP contribution in [0.2, 0.25) is 0 Å². The minimum atomic E-state index is 0.475. The topological polar surface area (TPSA) is 17.1 Å². The maximum Gasteiger partial charge on any atom is 0.144 e. The zero-order valence-electron chi connectivity index (χ0n) is 6.13. The van der Waals surface area contributed by atoms with Gasteiger partial charge in [-0.2, -0.15) is 0 Å². The Morgan fingerprint density at radius 2 is 2.25 bits per heavy atom. The van der Waals surface area contributed by atoms with Crippen LogP contribution in [0.15, 0.2) is 30.3 Å². The minimum absolute atomic E-state index is 0.475. The average Bonchev–Trinajstić information content (AvgIpc) is 2.05. The first-order valence-corrected chi connectivity index (χ1v) is 4.76. The summed E-state index contributed by atoms with van der Waals surface area (Å²) in [5.41, 5.74) is 0.871. The second-order valence-electron chi connectivity index (χ2n) is 2.16. The largest absolute Gasteiger partial charge is 0.299 e. The van der Waals surface area contributed by atoms with Crippen molar-refractivity contribution in [3.63, 3.8) is 0 Å². The zero-order chi connectivity index (χ0) is 8.97. The van der Waals surface area contributed by atoms with Gasteiger partial charge in [-0.15, -0.1) is 0 Å². The van der Waals surface area contributed by atoms with Crippen molar-refractivity contribution in [2.45, 2.75) is 0 Å². The molecule has 1 aromatic rings. The van der Waals surface area contributed by atoms with E-state index in [9.17, 15) is 4.79 Å². The molecule has 0 fully saturated rings. The molecule has 0 saturated heterocycles. The molecule has 12 heavy (non-hydrogen) atoms. The van der Waals surface area contributed by atoms with E-state index in [1.165, 1.54) is 6.08 Å². The molecule has 62 valence electrons. The van der Waals surface area contributed by atoms with Crippen molar-refractivity contribution in [1.82, 2.24) is 0 Å². The zero-order valence-corrected chi connectivity index (χ0v) is 9.04. The van der Waals surface area contributed by atoms with Crippen molar-refractivity contribution in [3.8, 4) is 0 Å². The molecule has 0 heterocycles. The highest BCUT2D eigenvalue weighted by Gasteiger charge is 1.96. The van der Waals surface area contributed by atoms with Gasteiger partial charge in [0.15, 0.2) is 0 Å². The molecule has 0 N–H and O–H groups in total. The highest BCUT2D eigenvalue weighted by Crippen LogP contribution is 2.19. The first-order chi connectivity index (χ1) is 5.74. The molecule has 0 radical (unpaired) electrons. The molecule has 0 saturated carbocycles. The Balaban J connectivity index is 3.03. The molecule has 0 unspecified atom stereocenters. The van der Waals surface area contributed by atoms with Crippen molar-refractivity contribution in [3.05, 3.63) is 39.5 Å². The number of allylic oxidation sites excluding steroid dienone is 1. The number of halogens is 2. The Hall–Kier alpha value is -0.350. The van der Waals surface area contributed by atoms with Crippen LogP contribution in [0.3, 0.4) is 0 Å². The number of carbonyl (C=O) groups is 1. The molecule has 0 aliphatic rings. The van der Waals surface area contributed by atoms with Crippen LogP contribution >= 0.6 is 34.2 Å². The lowest BCUT2D eigenvalue weighted by Gasteiger charge is -1.97. The third-order valence-electron chi connectivity index (χ3n) is 1.31. The maximum absolute atomic E-state index is 10.1. The van der Waals surface area contributed by atoms with Crippen LogP contribution in [0.25, 0.3) is 5.03 Å². The standard InChI is InChI=1S/C9H6ClIO/c10-9(4-5-12)7-2-1-3-8(11)6-7/h1-6H/b9-4-. The fourth-order valence-corrected chi connectivity index (χ4v) is 1.51. The van der Waals surface area contributed by atoms with Gasteiger partial charge in [-0.05, 0) is 46.4 Å². The van der Waals surface area contributed by atoms with Gasteiger partial charge < -0.3 is 0 Å². The fourth-order valence-electron chi connectivity index (χ4n) is 0.793. The van der Waals surface area contributed by atoms with E-state index >= 15 is 0 Å². The summed E-state index contributed by atoms with van der Waals surface area (Å²) in [6.07, 6.45) is 2.02. The van der Waals surface area contributed by atoms with Crippen LogP contribution in [0.1, 0.15) is 5.56 Å². The van der Waals surface area contributed by atoms with Crippen molar-refractivity contribution < 1.29 is 4.79 Å². The first-order valence-electron chi connectivity index (χ1n) is 3.31. The smallest absolute Gasteiger partial charge is 0.144 e. The van der Waals surface area contributed by atoms with Crippen LogP contribution < -0.4 is 0 Å². The number of hydrogen-bond acceptors (Lipinski definition) is 1. The lowest BCUT2D eigenvalue weighted by Crippen LogP contribution is -1.78. The van der Waals surface area contributed by atoms with E-state index in [0.29, 0.717) is 11.3 Å². The summed E-state index contributed by atoms with van der Waals surface area (Å²) >= 11 is 8.00. The molecule has 1 nitrogen and oxygen atoms in total. The second-order valence-corrected chi connectivity index (χ2v) is 3.81. The van der Waals surface area contributed by atoms with E-state index in [-0.39, 0.29) is 0 Å². The predicted molar refractivity (Wildman–Crippen MR) is 59.1 cm³/mol. The Labute approximate surface area is 89.6 Å². The van der Waals surface area contributed by atoms with Crippen LogP contribution in [0.5, 0.6) is 0 Å². The fraction of sp³-hybridized carbons (Fsp3) is 0. The summed E-state index contributed by atoms with van der Waals surface area (Å²) in [5, 5.41) is 0.475. The Bertz CT molecular complexity index is 320. The normalized spacial score (nSPS) is 11.3. The summed E-state index contributed by atoms with van der Waals surface area (Å²) in [5.74, 6) is 0. The molecule has 3 heteroatoms. The van der Waals surface area contributed by atoms with Gasteiger partial charge in [0.1, 0.15) is 6.29 Å². The van der Waals surface area contributed by atoms with Gasteiger partial charge in [0, 0.05) is 3.57 Å². The number of hydrogen-bond donors (Lipinski definition) is 0. The molecular formula is C9H6ClIO. The van der Waals surface area contributed by atoms with E-state index in [2.05, 4.69) is 22.6 Å². The van der Waals surface area contributed by atoms with Crippen LogP contribution in [-0.4, -0.2) is 6.29 Å². The quantitative estimate of drug-likeness (QED) is 0.465. The molecule has 0 bridgehead atoms. The highest BCUT2D eigenvalue weighted by atomic mass is 127. The van der Waals surface area contributed by atoms with E-state index in [1.807, 2.05) is 24.3 Å². The van der Waals surface area contributed by atoms with Crippen molar-refractivity contribution in [2.75, 3.05) is 0 Å². The molecule has 0 atom stereocenters. The Kier molecular flexibility index (Phi) is 3.75. The number of carbonyl (C=O) groups excluding carboxylic acids is 1. The molecule has 0 amide bonds. The molecule has 0 aliphatic carbocycles. The molecular weight excluding hydrogens is 286 g/mol. The van der Waals surface area contributed by atoms with Gasteiger partial charge in [-0.3, -0.25) is 4.79 Å². The summed E-state index contributed by atoms with van der Waals surface area (Å²) in [7, 11) is 0. The summed E-state index contributed by atoms with van der Waals surface area (Å²) in [6, 6.07) is 7.65. The average molecular weight is 293 g/mol. The van der Waals surface area contributed by atoms with Gasteiger partial charge in [0.25, 0.3) is 0 Å². The van der Waals surface area contributed by atoms with E-state index in [0.717, 1.165) is 9.13 Å². The summed E-state index contributed by atoms with van der Waals surface area (Å²) in [4.78, 5) is 10.1. The third-order valence-corrected chi connectivity index (χ3v) is 2.33. The van der Waals surface area contributed by atoms with E-state index in [1.54, 1.807) is 0 Å². The molecule has 0 spiro atoms. The Morgan fingerprint density at radius 1 is 1.50 bits per heavy atom. The van der Waals surface area contributed by atoms with E-state index in [4.69, 9.17) is 11.6 Å². The van der Waals surface area contributed by atoms with Crippen LogP contribution in [0.4, 0.5) is 0 Å². The molecule has 1 rings (SSSR count). The minimum Gasteiger partial charge on any atom is -0.299 e. The third kappa shape index (κ3) is 2.60. The van der Waals surface area contributed by atoms with Crippen molar-refractivity contribution in [2.24, 2.45) is 0 Å². The first kappa shape index (κ1) is 9.74. The Morgan fingerprint density at radius 3 is 2.83 bits per heavy atom. The van der Waals surface area contributed by atoms with Crippen LogP contribution in [-0.2, 0) is 4.79 Å². The number of benzene rings is 1. The van der Waals surface area contributed by atoms with Gasteiger partial charge in [0.2, 0.25) is 0 Å². The maximum atomic E-state index is 10.1. The molecule has 0 aromatic heterocycles. The predicted octanol–water partition coefficient (Wildman–Crippen LogP) is 3.07. The number of rotatable bonds is 2. The monoisotopic (exact) mass is 292 g/mol. The SMILES string of the molecule is O=C/C=C(\Cl)c1cccc(I)c1. The van der Waals surface area contributed by atoms with Gasteiger partial charge in [0.05, 0.1) is 5.03 Å². The highest BCUT2D eigenvalue weighted by molar-refractivity contribution is 14.1. The van der Waals surface area contributed by atoms with Gasteiger partial charge in [-0.1, -0.05) is 23.7 Å². The van der Waals surface area contributed by atoms with Crippen LogP contribution in [0, 0.1) is 3.57 Å². The second kappa shape index (κ2) is 4.62.